The van der Waals surface area contributed by atoms with Crippen molar-refractivity contribution in [3.63, 3.8) is 0 Å². The average Bonchev–Trinajstić information content (AvgIpc) is 3.27. The Morgan fingerprint density at radius 1 is 1.26 bits per heavy atom. The van der Waals surface area contributed by atoms with Gasteiger partial charge in [0, 0.05) is 18.5 Å². The quantitative estimate of drug-likeness (QED) is 0.655. The molecule has 0 aliphatic rings. The van der Waals surface area contributed by atoms with Crippen LogP contribution in [0.3, 0.4) is 0 Å². The molecule has 23 heavy (non-hydrogen) atoms. The van der Waals surface area contributed by atoms with Gasteiger partial charge in [0.25, 0.3) is 0 Å². The second kappa shape index (κ2) is 7.76. The zero-order valence-electron chi connectivity index (χ0n) is 12.6. The maximum atomic E-state index is 11.9. The monoisotopic (exact) mass is 364 g/mol. The molecule has 0 fully saturated rings. The fourth-order valence-electron chi connectivity index (χ4n) is 2.02. The number of hydrogen-bond acceptors (Lipinski definition) is 6. The first-order valence-corrected chi connectivity index (χ1v) is 9.83. The zero-order valence-corrected chi connectivity index (χ0v) is 15.0. The maximum absolute atomic E-state index is 11.9. The van der Waals surface area contributed by atoms with Crippen LogP contribution in [0.2, 0.25) is 0 Å². The third kappa shape index (κ3) is 4.21. The lowest BCUT2D eigenvalue weighted by Crippen LogP contribution is -2.27. The Bertz CT molecular complexity index is 750. The van der Waals surface area contributed by atoms with E-state index in [1.165, 1.54) is 16.6 Å². The van der Waals surface area contributed by atoms with E-state index in [1.807, 2.05) is 40.6 Å². The molecule has 0 aliphatic carbocycles. The van der Waals surface area contributed by atoms with E-state index in [0.717, 1.165) is 22.3 Å². The summed E-state index contributed by atoms with van der Waals surface area (Å²) in [7, 11) is 1.92. The number of nitrogens with zero attached hydrogens (tertiary/aromatic N) is 3. The van der Waals surface area contributed by atoms with Crippen molar-refractivity contribution in [3.8, 4) is 10.7 Å². The first-order chi connectivity index (χ1) is 11.2. The standard InChI is InChI=1S/C15H16N4OS3/c1-19-14(12-5-3-9-22-12)17-18-15(19)23-10-13(20)16-7-6-11-4-2-8-21-11/h2-5,8-9H,6-7,10H2,1H3,(H,16,20). The first-order valence-electron chi connectivity index (χ1n) is 7.09. The zero-order chi connectivity index (χ0) is 16.1. The molecule has 8 heteroatoms. The summed E-state index contributed by atoms with van der Waals surface area (Å²) in [6, 6.07) is 8.11. The molecule has 0 spiro atoms. The fraction of sp³-hybridized carbons (Fsp3) is 0.267. The molecule has 0 saturated carbocycles. The van der Waals surface area contributed by atoms with Crippen molar-refractivity contribution in [1.29, 1.82) is 0 Å². The summed E-state index contributed by atoms with van der Waals surface area (Å²) >= 11 is 4.74. The molecule has 0 bridgehead atoms. The van der Waals surface area contributed by atoms with Crippen LogP contribution in [0.15, 0.2) is 40.2 Å². The van der Waals surface area contributed by atoms with E-state index in [9.17, 15) is 4.79 Å². The normalized spacial score (nSPS) is 10.8. The molecule has 120 valence electrons. The Balaban J connectivity index is 1.47. The van der Waals surface area contributed by atoms with Crippen molar-refractivity contribution >= 4 is 40.3 Å². The van der Waals surface area contributed by atoms with Gasteiger partial charge < -0.3 is 9.88 Å². The van der Waals surface area contributed by atoms with E-state index in [1.54, 1.807) is 22.7 Å². The summed E-state index contributed by atoms with van der Waals surface area (Å²) in [5.74, 6) is 1.20. The smallest absolute Gasteiger partial charge is 0.230 e. The molecule has 3 heterocycles. The lowest BCUT2D eigenvalue weighted by molar-refractivity contribution is -0.118. The number of carbonyl (C=O) groups is 1. The number of hydrogen-bond donors (Lipinski definition) is 1. The van der Waals surface area contributed by atoms with Crippen LogP contribution in [-0.4, -0.2) is 33.0 Å². The molecule has 3 rings (SSSR count). The summed E-state index contributed by atoms with van der Waals surface area (Å²) in [4.78, 5) is 14.3. The first kappa shape index (κ1) is 16.2. The number of nitrogens with one attached hydrogen (secondary N) is 1. The summed E-state index contributed by atoms with van der Waals surface area (Å²) in [6.45, 7) is 0.666. The number of aromatic nitrogens is 3. The predicted molar refractivity (Wildman–Crippen MR) is 96.1 cm³/mol. The molecule has 1 amide bonds. The van der Waals surface area contributed by atoms with Gasteiger partial charge in [-0.05, 0) is 29.3 Å². The van der Waals surface area contributed by atoms with Crippen molar-refractivity contribution in [3.05, 3.63) is 39.9 Å². The highest BCUT2D eigenvalue weighted by molar-refractivity contribution is 7.99. The fourth-order valence-corrected chi connectivity index (χ4v) is 4.22. The van der Waals surface area contributed by atoms with Crippen molar-refractivity contribution in [1.82, 2.24) is 20.1 Å². The Morgan fingerprint density at radius 2 is 2.09 bits per heavy atom. The molecule has 0 radical (unpaired) electrons. The van der Waals surface area contributed by atoms with Gasteiger partial charge in [-0.3, -0.25) is 4.79 Å². The van der Waals surface area contributed by atoms with Gasteiger partial charge in [0.1, 0.15) is 0 Å². The maximum Gasteiger partial charge on any atom is 0.230 e. The minimum atomic E-state index is 0.0206. The van der Waals surface area contributed by atoms with Gasteiger partial charge in [-0.2, -0.15) is 0 Å². The Hall–Kier alpha value is -1.64. The second-order valence-electron chi connectivity index (χ2n) is 4.81. The number of thioether (sulfide) groups is 1. The van der Waals surface area contributed by atoms with Crippen molar-refractivity contribution < 1.29 is 4.79 Å². The topological polar surface area (TPSA) is 59.8 Å². The van der Waals surface area contributed by atoms with E-state index >= 15 is 0 Å². The largest absolute Gasteiger partial charge is 0.355 e. The van der Waals surface area contributed by atoms with Gasteiger partial charge in [0.15, 0.2) is 11.0 Å². The lowest BCUT2D eigenvalue weighted by atomic mass is 10.3. The van der Waals surface area contributed by atoms with Crippen molar-refractivity contribution in [2.45, 2.75) is 11.6 Å². The van der Waals surface area contributed by atoms with Crippen LogP contribution in [-0.2, 0) is 18.3 Å². The average molecular weight is 365 g/mol. The second-order valence-corrected chi connectivity index (χ2v) is 7.73. The number of thiophene rings is 2. The van der Waals surface area contributed by atoms with Crippen molar-refractivity contribution in [2.24, 2.45) is 7.05 Å². The van der Waals surface area contributed by atoms with Gasteiger partial charge in [-0.15, -0.1) is 32.9 Å². The van der Waals surface area contributed by atoms with Gasteiger partial charge in [0.05, 0.1) is 10.6 Å². The molecule has 1 N–H and O–H groups in total. The minimum absolute atomic E-state index is 0.0206. The molecule has 0 saturated heterocycles. The highest BCUT2D eigenvalue weighted by Crippen LogP contribution is 2.25. The number of amides is 1. The van der Waals surface area contributed by atoms with E-state index in [0.29, 0.717) is 12.3 Å². The summed E-state index contributed by atoms with van der Waals surface area (Å²) in [5, 5.41) is 16.1. The van der Waals surface area contributed by atoms with E-state index in [-0.39, 0.29) is 5.91 Å². The van der Waals surface area contributed by atoms with Crippen LogP contribution < -0.4 is 5.32 Å². The molecule has 0 aromatic carbocycles. The number of rotatable bonds is 7. The van der Waals surface area contributed by atoms with E-state index < -0.39 is 0 Å². The SMILES string of the molecule is Cn1c(SCC(=O)NCCc2cccs2)nnc1-c1cccs1. The van der Waals surface area contributed by atoms with Gasteiger partial charge in [0.2, 0.25) is 5.91 Å². The van der Waals surface area contributed by atoms with Gasteiger partial charge in [-0.25, -0.2) is 0 Å². The highest BCUT2D eigenvalue weighted by atomic mass is 32.2. The molecule has 3 aromatic heterocycles. The van der Waals surface area contributed by atoms with Crippen LogP contribution in [0.5, 0.6) is 0 Å². The predicted octanol–water partition coefficient (Wildman–Crippen LogP) is 3.06. The third-order valence-electron chi connectivity index (χ3n) is 3.18. The van der Waals surface area contributed by atoms with Crippen LogP contribution in [0, 0.1) is 0 Å². The Labute approximate surface area is 146 Å². The summed E-state index contributed by atoms with van der Waals surface area (Å²) in [5.41, 5.74) is 0. The van der Waals surface area contributed by atoms with Crippen molar-refractivity contribution in [2.75, 3.05) is 12.3 Å². The van der Waals surface area contributed by atoms with E-state index in [4.69, 9.17) is 0 Å². The van der Waals surface area contributed by atoms with Gasteiger partial charge in [-0.1, -0.05) is 23.9 Å². The molecule has 3 aromatic rings. The third-order valence-corrected chi connectivity index (χ3v) is 6.00. The van der Waals surface area contributed by atoms with Crippen LogP contribution in [0.25, 0.3) is 10.7 Å². The molecule has 0 unspecified atom stereocenters. The molecular formula is C15H16N4OS3. The Kier molecular flexibility index (Phi) is 5.47. The summed E-state index contributed by atoms with van der Waals surface area (Å²) < 4.78 is 1.93. The number of carbonyl (C=O) groups excluding carboxylic acids is 1. The van der Waals surface area contributed by atoms with Crippen LogP contribution in [0.1, 0.15) is 4.88 Å². The molecule has 0 aliphatic heterocycles. The summed E-state index contributed by atoms with van der Waals surface area (Å²) in [6.07, 6.45) is 0.876. The Morgan fingerprint density at radius 3 is 2.83 bits per heavy atom. The van der Waals surface area contributed by atoms with Gasteiger partial charge >= 0.3 is 0 Å². The lowest BCUT2D eigenvalue weighted by Gasteiger charge is -2.04. The minimum Gasteiger partial charge on any atom is -0.355 e. The highest BCUT2D eigenvalue weighted by Gasteiger charge is 2.13. The van der Waals surface area contributed by atoms with Crippen LogP contribution >= 0.6 is 34.4 Å². The van der Waals surface area contributed by atoms with Crippen LogP contribution in [0.4, 0.5) is 0 Å². The molecular weight excluding hydrogens is 348 g/mol. The molecule has 0 atom stereocenters. The molecule has 5 nitrogen and oxygen atoms in total. The van der Waals surface area contributed by atoms with E-state index in [2.05, 4.69) is 21.6 Å².